The van der Waals surface area contributed by atoms with Crippen LogP contribution in [0.4, 0.5) is 0 Å². The molecule has 0 aliphatic carbocycles. The van der Waals surface area contributed by atoms with Gasteiger partial charge in [0.1, 0.15) is 18.3 Å². The van der Waals surface area contributed by atoms with E-state index in [0.29, 0.717) is 0 Å². The van der Waals surface area contributed by atoms with Crippen LogP contribution in [0.3, 0.4) is 0 Å². The lowest BCUT2D eigenvalue weighted by atomic mass is 10.1. The number of hydrogen-bond donors (Lipinski definition) is 5. The van der Waals surface area contributed by atoms with Crippen LogP contribution in [0.2, 0.25) is 0 Å². The summed E-state index contributed by atoms with van der Waals surface area (Å²) in [5.41, 5.74) is -2.41. The van der Waals surface area contributed by atoms with E-state index >= 15 is 0 Å². The molecule has 1 heterocycles. The van der Waals surface area contributed by atoms with Crippen LogP contribution in [0, 0.1) is 0 Å². The summed E-state index contributed by atoms with van der Waals surface area (Å²) in [6.45, 7) is 0. The van der Waals surface area contributed by atoms with Crippen molar-refractivity contribution in [3.63, 3.8) is 0 Å². The predicted molar refractivity (Wildman–Crippen MR) is 40.4 cm³/mol. The zero-order chi connectivity index (χ0) is 11.1. The van der Waals surface area contributed by atoms with Crippen LogP contribution >= 0.6 is 0 Å². The number of aliphatic hydroxyl groups is 4. The molecule has 9 heteroatoms. The molecule has 84 valence electrons. The molecule has 1 fully saturated rings. The molecular formula is C5H10O8S. The Morgan fingerprint density at radius 1 is 1.14 bits per heavy atom. The molecule has 0 amide bonds. The van der Waals surface area contributed by atoms with Crippen LogP contribution < -0.4 is 0 Å². The van der Waals surface area contributed by atoms with Gasteiger partial charge in [0.05, 0.1) is 0 Å². The minimum Gasteiger partial charge on any atom is -0.387 e. The molecule has 1 aliphatic rings. The van der Waals surface area contributed by atoms with Crippen molar-refractivity contribution in [2.75, 3.05) is 0 Å². The second kappa shape index (κ2) is 3.70. The Hall–Kier alpha value is -0.290. The van der Waals surface area contributed by atoms with Crippen molar-refractivity contribution in [3.05, 3.63) is 0 Å². The highest BCUT2D eigenvalue weighted by Gasteiger charge is 2.48. The summed E-state index contributed by atoms with van der Waals surface area (Å²) in [4.78, 5) is 0. The van der Waals surface area contributed by atoms with Crippen molar-refractivity contribution in [3.8, 4) is 0 Å². The van der Waals surface area contributed by atoms with Crippen LogP contribution in [0.25, 0.3) is 0 Å². The SMILES string of the molecule is O=S(=O)(O)C(O)[C@H]1O[C@H](O)[C@H](O)[C@@H]1O. The second-order valence-corrected chi connectivity index (χ2v) is 4.39. The van der Waals surface area contributed by atoms with Gasteiger partial charge in [-0.15, -0.1) is 0 Å². The highest BCUT2D eigenvalue weighted by atomic mass is 32.2. The zero-order valence-corrected chi connectivity index (χ0v) is 7.57. The standard InChI is InChI=1S/C5H10O8S/c6-1-2(7)4(8)13-3(1)5(9)14(10,11)12/h1-9H,(H,10,11,12)/t1-,2+,3-,4-,5?/m0/s1. The Morgan fingerprint density at radius 3 is 1.93 bits per heavy atom. The van der Waals surface area contributed by atoms with Crippen LogP contribution in [0.1, 0.15) is 0 Å². The first-order chi connectivity index (χ1) is 6.25. The van der Waals surface area contributed by atoms with E-state index in [1.807, 2.05) is 0 Å². The molecule has 1 aliphatic heterocycles. The minimum atomic E-state index is -4.82. The van der Waals surface area contributed by atoms with Crippen molar-refractivity contribution >= 4 is 10.1 Å². The smallest absolute Gasteiger partial charge is 0.294 e. The summed E-state index contributed by atoms with van der Waals surface area (Å²) >= 11 is 0. The maximum atomic E-state index is 10.4. The van der Waals surface area contributed by atoms with E-state index in [1.54, 1.807) is 0 Å². The maximum absolute atomic E-state index is 10.4. The molecule has 0 aromatic carbocycles. The van der Waals surface area contributed by atoms with Crippen molar-refractivity contribution in [2.24, 2.45) is 0 Å². The zero-order valence-electron chi connectivity index (χ0n) is 6.76. The first kappa shape index (κ1) is 11.8. The number of ether oxygens (including phenoxy) is 1. The lowest BCUT2D eigenvalue weighted by Gasteiger charge is -2.17. The Morgan fingerprint density at radius 2 is 1.64 bits per heavy atom. The van der Waals surface area contributed by atoms with Gasteiger partial charge in [-0.3, -0.25) is 4.55 Å². The molecule has 1 saturated heterocycles. The van der Waals surface area contributed by atoms with Gasteiger partial charge in [-0.2, -0.15) is 8.42 Å². The Balaban J connectivity index is 2.82. The minimum absolute atomic E-state index is 1.73. The van der Waals surface area contributed by atoms with E-state index in [1.165, 1.54) is 0 Å². The van der Waals surface area contributed by atoms with E-state index in [9.17, 15) is 8.42 Å². The molecule has 1 unspecified atom stereocenters. The van der Waals surface area contributed by atoms with Gasteiger partial charge < -0.3 is 25.2 Å². The largest absolute Gasteiger partial charge is 0.387 e. The molecule has 0 radical (unpaired) electrons. The fourth-order valence-electron chi connectivity index (χ4n) is 1.09. The molecule has 1 rings (SSSR count). The predicted octanol–water partition coefficient (Wildman–Crippen LogP) is -3.37. The van der Waals surface area contributed by atoms with Crippen LogP contribution in [-0.4, -0.2) is 63.4 Å². The highest BCUT2D eigenvalue weighted by molar-refractivity contribution is 7.86. The van der Waals surface area contributed by atoms with Gasteiger partial charge in [0, 0.05) is 0 Å². The monoisotopic (exact) mass is 230 g/mol. The van der Waals surface area contributed by atoms with Gasteiger partial charge in [0.2, 0.25) is 5.44 Å². The average Bonchev–Trinajstić information content (AvgIpc) is 2.30. The summed E-state index contributed by atoms with van der Waals surface area (Å²) in [6.07, 6.45) is -7.10. The molecule has 0 spiro atoms. The third-order valence-corrected chi connectivity index (χ3v) is 2.74. The molecule has 0 aromatic rings. The molecular weight excluding hydrogens is 220 g/mol. The van der Waals surface area contributed by atoms with Gasteiger partial charge in [-0.05, 0) is 0 Å². The first-order valence-corrected chi connectivity index (χ1v) is 5.09. The summed E-state index contributed by atoms with van der Waals surface area (Å²) < 4.78 is 33.6. The maximum Gasteiger partial charge on any atom is 0.294 e. The van der Waals surface area contributed by atoms with Crippen molar-refractivity contribution in [1.29, 1.82) is 0 Å². The van der Waals surface area contributed by atoms with Gasteiger partial charge in [-0.25, -0.2) is 0 Å². The normalized spacial score (nSPS) is 41.2. The van der Waals surface area contributed by atoms with Crippen molar-refractivity contribution < 1.29 is 38.1 Å². The molecule has 0 bridgehead atoms. The van der Waals surface area contributed by atoms with Gasteiger partial charge in [-0.1, -0.05) is 0 Å². The molecule has 0 saturated carbocycles. The molecule has 14 heavy (non-hydrogen) atoms. The van der Waals surface area contributed by atoms with E-state index in [4.69, 9.17) is 25.0 Å². The molecule has 0 aromatic heterocycles. The number of hydrogen-bond acceptors (Lipinski definition) is 7. The average molecular weight is 230 g/mol. The number of rotatable bonds is 2. The summed E-state index contributed by atoms with van der Waals surface area (Å²) in [5, 5.41) is 35.8. The topological polar surface area (TPSA) is 145 Å². The highest BCUT2D eigenvalue weighted by Crippen LogP contribution is 2.23. The summed E-state index contributed by atoms with van der Waals surface area (Å²) in [7, 11) is -4.82. The van der Waals surface area contributed by atoms with Gasteiger partial charge in [0.15, 0.2) is 6.29 Å². The first-order valence-electron chi connectivity index (χ1n) is 3.59. The Kier molecular flexibility index (Phi) is 3.11. The van der Waals surface area contributed by atoms with Crippen molar-refractivity contribution in [1.82, 2.24) is 0 Å². The van der Waals surface area contributed by atoms with E-state index < -0.39 is 40.2 Å². The molecule has 8 nitrogen and oxygen atoms in total. The fraction of sp³-hybridized carbons (Fsp3) is 1.00. The molecule has 5 atom stereocenters. The molecule has 5 N–H and O–H groups in total. The Labute approximate surface area is 79.1 Å². The Bertz CT molecular complexity index is 299. The van der Waals surface area contributed by atoms with Crippen molar-refractivity contribution in [2.45, 2.75) is 30.0 Å². The van der Waals surface area contributed by atoms with Gasteiger partial charge >= 0.3 is 0 Å². The van der Waals surface area contributed by atoms with E-state index in [0.717, 1.165) is 0 Å². The summed E-state index contributed by atoms with van der Waals surface area (Å²) in [5.74, 6) is 0. The third-order valence-electron chi connectivity index (χ3n) is 1.86. The number of aliphatic hydroxyl groups excluding tert-OH is 4. The quantitative estimate of drug-likeness (QED) is 0.309. The van der Waals surface area contributed by atoms with Crippen LogP contribution in [0.15, 0.2) is 0 Å². The van der Waals surface area contributed by atoms with Crippen LogP contribution in [0.5, 0.6) is 0 Å². The lowest BCUT2D eigenvalue weighted by molar-refractivity contribution is -0.137. The van der Waals surface area contributed by atoms with E-state index in [2.05, 4.69) is 4.74 Å². The van der Waals surface area contributed by atoms with E-state index in [-0.39, 0.29) is 0 Å². The van der Waals surface area contributed by atoms with Crippen LogP contribution in [-0.2, 0) is 14.9 Å². The summed E-state index contributed by atoms with van der Waals surface area (Å²) in [6, 6.07) is 0. The second-order valence-electron chi connectivity index (χ2n) is 2.88. The van der Waals surface area contributed by atoms with Gasteiger partial charge in [0.25, 0.3) is 10.1 Å². The lowest BCUT2D eigenvalue weighted by Crippen LogP contribution is -2.42. The fourth-order valence-corrected chi connectivity index (χ4v) is 1.65. The third kappa shape index (κ3) is 2.03.